The van der Waals surface area contributed by atoms with E-state index in [1.807, 2.05) is 6.92 Å². The lowest BCUT2D eigenvalue weighted by Crippen LogP contribution is -2.17. The highest BCUT2D eigenvalue weighted by Gasteiger charge is 2.24. The van der Waals surface area contributed by atoms with Gasteiger partial charge in [0.2, 0.25) is 0 Å². The largest absolute Gasteiger partial charge is 0.507 e. The lowest BCUT2D eigenvalue weighted by Gasteiger charge is -2.16. The Hall–Kier alpha value is -2.05. The summed E-state index contributed by atoms with van der Waals surface area (Å²) in [6, 6.07) is 0.956. The fraction of sp³-hybridized carbons (Fsp3) is 0.500. The fourth-order valence-corrected chi connectivity index (χ4v) is 2.55. The minimum absolute atomic E-state index is 0.0511. The summed E-state index contributed by atoms with van der Waals surface area (Å²) in [7, 11) is 0. The zero-order valence-corrected chi connectivity index (χ0v) is 16.7. The van der Waals surface area contributed by atoms with Crippen molar-refractivity contribution in [2.75, 3.05) is 13.2 Å². The van der Waals surface area contributed by atoms with Gasteiger partial charge in [0.05, 0.1) is 24.3 Å². The topological polar surface area (TPSA) is 93.1 Å². The quantitative estimate of drug-likeness (QED) is 0.636. The SMILES string of the molecule is CC1CCOC(=O)c2c(O)cc(O)c(Cl)c2CC(=O)/C=C/CCO1.CCC. The summed E-state index contributed by atoms with van der Waals surface area (Å²) in [5, 5.41) is 19.6. The first kappa shape index (κ1) is 23.0. The molecule has 1 unspecified atom stereocenters. The van der Waals surface area contributed by atoms with E-state index in [2.05, 4.69) is 13.8 Å². The number of benzene rings is 1. The van der Waals surface area contributed by atoms with Crippen molar-refractivity contribution in [3.8, 4) is 11.5 Å². The first-order valence-electron chi connectivity index (χ1n) is 9.03. The van der Waals surface area contributed by atoms with Gasteiger partial charge in [-0.2, -0.15) is 0 Å². The number of fused-ring (bicyclic) bond motifs is 1. The minimum atomic E-state index is -0.801. The molecule has 0 amide bonds. The van der Waals surface area contributed by atoms with Crippen LogP contribution in [0.5, 0.6) is 11.5 Å². The number of rotatable bonds is 0. The van der Waals surface area contributed by atoms with Crippen LogP contribution in [-0.4, -0.2) is 41.3 Å². The average Bonchev–Trinajstić information content (AvgIpc) is 2.59. The third-order valence-electron chi connectivity index (χ3n) is 3.62. The molecule has 0 bridgehead atoms. The Morgan fingerprint density at radius 2 is 1.85 bits per heavy atom. The number of hydrogen-bond donors (Lipinski definition) is 2. The van der Waals surface area contributed by atoms with E-state index in [-0.39, 0.29) is 41.1 Å². The second-order valence-electron chi connectivity index (χ2n) is 6.23. The normalized spacial score (nSPS) is 19.8. The van der Waals surface area contributed by atoms with Gasteiger partial charge in [-0.3, -0.25) is 4.79 Å². The lowest BCUT2D eigenvalue weighted by atomic mass is 10.00. The molecule has 2 N–H and O–H groups in total. The van der Waals surface area contributed by atoms with Gasteiger partial charge in [0.25, 0.3) is 0 Å². The van der Waals surface area contributed by atoms with Crippen molar-refractivity contribution >= 4 is 23.4 Å². The van der Waals surface area contributed by atoms with E-state index in [0.29, 0.717) is 19.4 Å². The van der Waals surface area contributed by atoms with E-state index in [4.69, 9.17) is 21.1 Å². The van der Waals surface area contributed by atoms with Crippen molar-refractivity contribution < 1.29 is 29.3 Å². The number of carbonyl (C=O) groups excluding carboxylic acids is 2. The number of phenolic OH excluding ortho intramolecular Hbond substituents is 2. The summed E-state index contributed by atoms with van der Waals surface area (Å²) in [5.74, 6) is -2.00. The summed E-state index contributed by atoms with van der Waals surface area (Å²) in [6.07, 6.45) is 5.01. The van der Waals surface area contributed by atoms with Crippen molar-refractivity contribution in [3.63, 3.8) is 0 Å². The van der Waals surface area contributed by atoms with Crippen LogP contribution in [0.4, 0.5) is 0 Å². The van der Waals surface area contributed by atoms with Crippen LogP contribution in [0.15, 0.2) is 18.2 Å². The third kappa shape index (κ3) is 7.23. The fourth-order valence-electron chi connectivity index (χ4n) is 2.34. The molecule has 0 saturated heterocycles. The van der Waals surface area contributed by atoms with E-state index in [0.717, 1.165) is 6.07 Å². The summed E-state index contributed by atoms with van der Waals surface area (Å²) in [4.78, 5) is 24.3. The Kier molecular flexibility index (Phi) is 9.89. The van der Waals surface area contributed by atoms with Gasteiger partial charge in [0, 0.05) is 24.5 Å². The van der Waals surface area contributed by atoms with Gasteiger partial charge < -0.3 is 19.7 Å². The molecule has 150 valence electrons. The van der Waals surface area contributed by atoms with Gasteiger partial charge >= 0.3 is 5.97 Å². The first-order chi connectivity index (χ1) is 12.8. The van der Waals surface area contributed by atoms with Crippen molar-refractivity contribution in [1.82, 2.24) is 0 Å². The summed E-state index contributed by atoms with van der Waals surface area (Å²) in [5.41, 5.74) is -0.152. The molecular weight excluding hydrogens is 372 g/mol. The number of hydrogen-bond acceptors (Lipinski definition) is 6. The zero-order valence-electron chi connectivity index (χ0n) is 16.0. The number of ketones is 1. The van der Waals surface area contributed by atoms with Crippen LogP contribution in [0.3, 0.4) is 0 Å². The highest BCUT2D eigenvalue weighted by Crippen LogP contribution is 2.37. The van der Waals surface area contributed by atoms with Gasteiger partial charge in [-0.05, 0) is 19.4 Å². The van der Waals surface area contributed by atoms with E-state index >= 15 is 0 Å². The predicted octanol–water partition coefficient (Wildman–Crippen LogP) is 4.19. The Morgan fingerprint density at radius 3 is 2.52 bits per heavy atom. The molecule has 1 aromatic carbocycles. The number of allylic oxidation sites excluding steroid dienone is 1. The zero-order chi connectivity index (χ0) is 20.4. The van der Waals surface area contributed by atoms with Crippen LogP contribution >= 0.6 is 11.6 Å². The number of phenols is 2. The smallest absolute Gasteiger partial charge is 0.342 e. The molecule has 1 aliphatic rings. The molecule has 1 atom stereocenters. The molecule has 27 heavy (non-hydrogen) atoms. The number of cyclic esters (lactones) is 1. The Balaban J connectivity index is 0.00000114. The molecule has 7 heteroatoms. The van der Waals surface area contributed by atoms with Crippen LogP contribution < -0.4 is 0 Å². The van der Waals surface area contributed by atoms with Crippen molar-refractivity contribution in [2.24, 2.45) is 0 Å². The Labute approximate surface area is 164 Å². The standard InChI is InChI=1S/C17H19ClO6.C3H8/c1-10-5-7-24-17(22)15-12(16(18)14(21)9-13(15)20)8-11(19)4-2-3-6-23-10;1-3-2/h2,4,9-10,20-21H,3,5-8H2,1H3;3H2,1-2H3/b4-2+;. The van der Waals surface area contributed by atoms with Crippen LogP contribution in [-0.2, 0) is 20.7 Å². The predicted molar refractivity (Wildman–Crippen MR) is 104 cm³/mol. The molecule has 1 aliphatic heterocycles. The van der Waals surface area contributed by atoms with Crippen LogP contribution in [0.25, 0.3) is 0 Å². The molecule has 0 saturated carbocycles. The molecule has 6 nitrogen and oxygen atoms in total. The monoisotopic (exact) mass is 398 g/mol. The summed E-state index contributed by atoms with van der Waals surface area (Å²) >= 11 is 6.02. The highest BCUT2D eigenvalue weighted by molar-refractivity contribution is 6.33. The molecule has 0 spiro atoms. The van der Waals surface area contributed by atoms with E-state index in [1.165, 1.54) is 12.5 Å². The summed E-state index contributed by atoms with van der Waals surface area (Å²) < 4.78 is 10.7. The van der Waals surface area contributed by atoms with Crippen LogP contribution in [0, 0.1) is 0 Å². The maximum absolute atomic E-state index is 12.3. The number of halogens is 1. The number of esters is 1. The molecule has 0 aliphatic carbocycles. The number of ether oxygens (including phenoxy) is 2. The van der Waals surface area contributed by atoms with Crippen molar-refractivity contribution in [1.29, 1.82) is 0 Å². The van der Waals surface area contributed by atoms with Gasteiger partial charge in [-0.1, -0.05) is 37.9 Å². The molecule has 0 aromatic heterocycles. The van der Waals surface area contributed by atoms with Crippen molar-refractivity contribution in [3.05, 3.63) is 34.4 Å². The molecule has 1 aromatic rings. The summed E-state index contributed by atoms with van der Waals surface area (Å²) in [6.45, 7) is 6.66. The van der Waals surface area contributed by atoms with Crippen LogP contribution in [0.2, 0.25) is 5.02 Å². The van der Waals surface area contributed by atoms with Crippen LogP contribution in [0.1, 0.15) is 56.0 Å². The molecule has 2 rings (SSSR count). The molecule has 0 fully saturated rings. The van der Waals surface area contributed by atoms with Gasteiger partial charge in [-0.15, -0.1) is 0 Å². The first-order valence-corrected chi connectivity index (χ1v) is 9.40. The highest BCUT2D eigenvalue weighted by atomic mass is 35.5. The number of aromatic hydroxyl groups is 2. The van der Waals surface area contributed by atoms with Gasteiger partial charge in [0.1, 0.15) is 17.1 Å². The lowest BCUT2D eigenvalue weighted by molar-refractivity contribution is -0.114. The minimum Gasteiger partial charge on any atom is -0.507 e. The van der Waals surface area contributed by atoms with E-state index < -0.39 is 17.5 Å². The molecular formula is C20H27ClO6. The number of carbonyl (C=O) groups is 2. The second-order valence-corrected chi connectivity index (χ2v) is 6.61. The Bertz CT molecular complexity index is 684. The Morgan fingerprint density at radius 1 is 1.19 bits per heavy atom. The van der Waals surface area contributed by atoms with E-state index in [1.54, 1.807) is 6.08 Å². The van der Waals surface area contributed by atoms with Gasteiger partial charge in [0.15, 0.2) is 5.78 Å². The average molecular weight is 399 g/mol. The van der Waals surface area contributed by atoms with Gasteiger partial charge in [-0.25, -0.2) is 4.79 Å². The molecule has 0 radical (unpaired) electrons. The second kappa shape index (κ2) is 11.6. The maximum atomic E-state index is 12.3. The molecule has 1 heterocycles. The van der Waals surface area contributed by atoms with Crippen molar-refractivity contribution in [2.45, 2.75) is 52.6 Å². The maximum Gasteiger partial charge on any atom is 0.342 e. The van der Waals surface area contributed by atoms with E-state index in [9.17, 15) is 19.8 Å². The third-order valence-corrected chi connectivity index (χ3v) is 4.05.